The van der Waals surface area contributed by atoms with Crippen LogP contribution < -0.4 is 9.64 Å². The molecule has 2 N–H and O–H groups in total. The minimum Gasteiger partial charge on any atom is -0.507 e. The number of ether oxygens (including phenoxy) is 1. The van der Waals surface area contributed by atoms with E-state index in [0.29, 0.717) is 16.7 Å². The fourth-order valence-electron chi connectivity index (χ4n) is 4.51. The lowest BCUT2D eigenvalue weighted by Gasteiger charge is -2.26. The van der Waals surface area contributed by atoms with Crippen molar-refractivity contribution in [1.82, 2.24) is 0 Å². The molecule has 0 radical (unpaired) electrons. The Balaban J connectivity index is 2.01. The van der Waals surface area contributed by atoms with E-state index in [-0.39, 0.29) is 45.6 Å². The molecule has 1 atom stereocenters. The van der Waals surface area contributed by atoms with E-state index in [1.54, 1.807) is 13.8 Å². The molecule has 4 rings (SSSR count). The van der Waals surface area contributed by atoms with Gasteiger partial charge in [-0.3, -0.25) is 14.5 Å². The number of aliphatic hydroxyl groups excluding tert-OH is 1. The molecule has 1 aliphatic heterocycles. The Morgan fingerprint density at radius 1 is 1.08 bits per heavy atom. The van der Waals surface area contributed by atoms with Crippen molar-refractivity contribution in [3.63, 3.8) is 0 Å². The molecular weight excluding hydrogens is 509 g/mol. The summed E-state index contributed by atoms with van der Waals surface area (Å²) in [6, 6.07) is 12.7. The van der Waals surface area contributed by atoms with Gasteiger partial charge < -0.3 is 14.9 Å². The van der Waals surface area contributed by atoms with Gasteiger partial charge in [0.1, 0.15) is 11.6 Å². The molecule has 1 fully saturated rings. The Bertz CT molecular complexity index is 1470. The van der Waals surface area contributed by atoms with Crippen molar-refractivity contribution < 1.29 is 28.9 Å². The monoisotopic (exact) mass is 537 g/mol. The van der Waals surface area contributed by atoms with Crippen LogP contribution in [-0.4, -0.2) is 28.5 Å². The van der Waals surface area contributed by atoms with Crippen LogP contribution in [0.2, 0.25) is 5.02 Å². The molecular formula is C30H29ClFNO5. The number of rotatable bonds is 5. The van der Waals surface area contributed by atoms with Gasteiger partial charge >= 0.3 is 0 Å². The van der Waals surface area contributed by atoms with E-state index in [2.05, 4.69) is 0 Å². The van der Waals surface area contributed by atoms with Crippen LogP contribution in [0, 0.1) is 12.7 Å². The predicted octanol–water partition coefficient (Wildman–Crippen LogP) is 6.82. The number of carbonyl (C=O) groups excluding carboxylic acids is 2. The number of ketones is 1. The number of phenols is 1. The Morgan fingerprint density at radius 2 is 1.79 bits per heavy atom. The number of anilines is 1. The van der Waals surface area contributed by atoms with Crippen molar-refractivity contribution in [3.8, 4) is 11.5 Å². The van der Waals surface area contributed by atoms with Gasteiger partial charge in [-0.2, -0.15) is 0 Å². The van der Waals surface area contributed by atoms with Crippen molar-refractivity contribution in [2.45, 2.75) is 46.1 Å². The number of Topliss-reactive ketones (excluding diaryl/α,β-unsaturated/α-hetero) is 1. The molecule has 0 aliphatic carbocycles. The van der Waals surface area contributed by atoms with Crippen molar-refractivity contribution in [1.29, 1.82) is 0 Å². The summed E-state index contributed by atoms with van der Waals surface area (Å²) >= 11 is 6.02. The number of nitrogens with zero attached hydrogens (tertiary/aromatic N) is 1. The fraction of sp³-hybridized carbons (Fsp3) is 0.267. The normalized spacial score (nSPS) is 17.2. The van der Waals surface area contributed by atoms with Crippen LogP contribution in [0.4, 0.5) is 10.1 Å². The molecule has 3 aromatic rings. The maximum atomic E-state index is 14.0. The molecule has 3 aromatic carbocycles. The number of phenolic OH excluding ortho intramolecular Hbond substituents is 1. The smallest absolute Gasteiger partial charge is 0.300 e. The first-order valence-corrected chi connectivity index (χ1v) is 12.6. The first kappa shape index (κ1) is 27.2. The van der Waals surface area contributed by atoms with Gasteiger partial charge in [-0.25, -0.2) is 4.39 Å². The molecule has 1 heterocycles. The van der Waals surface area contributed by atoms with E-state index in [1.165, 1.54) is 35.2 Å². The number of aromatic hydroxyl groups is 1. The molecule has 8 heteroatoms. The van der Waals surface area contributed by atoms with E-state index >= 15 is 0 Å². The number of carbonyl (C=O) groups is 2. The second kappa shape index (κ2) is 10.1. The fourth-order valence-corrected chi connectivity index (χ4v) is 4.68. The molecule has 0 saturated carbocycles. The summed E-state index contributed by atoms with van der Waals surface area (Å²) in [6.07, 6.45) is 0. The molecule has 1 amide bonds. The third-order valence-electron chi connectivity index (χ3n) is 6.58. The SMILES string of the molecule is CCOc1cc(C2/C(=C(\O)c3cc(C(C)(C)C)ccc3C)C(=O)C(=O)N2c2ccc(F)c(Cl)c2)ccc1O. The molecule has 198 valence electrons. The molecule has 0 spiro atoms. The number of aryl methyl sites for hydroxylation is 1. The van der Waals surface area contributed by atoms with Crippen molar-refractivity contribution >= 4 is 34.7 Å². The Labute approximate surface area is 225 Å². The van der Waals surface area contributed by atoms with Crippen LogP contribution in [0.3, 0.4) is 0 Å². The molecule has 6 nitrogen and oxygen atoms in total. The van der Waals surface area contributed by atoms with Gasteiger partial charge in [0.15, 0.2) is 11.5 Å². The average Bonchev–Trinajstić information content (AvgIpc) is 3.12. The average molecular weight is 538 g/mol. The zero-order chi connectivity index (χ0) is 27.9. The van der Waals surface area contributed by atoms with Gasteiger partial charge in [0, 0.05) is 11.3 Å². The van der Waals surface area contributed by atoms with E-state index in [0.717, 1.165) is 11.6 Å². The maximum Gasteiger partial charge on any atom is 0.300 e. The molecule has 0 aromatic heterocycles. The lowest BCUT2D eigenvalue weighted by molar-refractivity contribution is -0.132. The van der Waals surface area contributed by atoms with E-state index < -0.39 is 23.5 Å². The van der Waals surface area contributed by atoms with Crippen LogP contribution in [0.25, 0.3) is 5.76 Å². The van der Waals surface area contributed by atoms with Crippen LogP contribution in [0.15, 0.2) is 60.2 Å². The summed E-state index contributed by atoms with van der Waals surface area (Å²) in [5.74, 6) is -2.79. The van der Waals surface area contributed by atoms with Gasteiger partial charge in [0.2, 0.25) is 0 Å². The van der Waals surface area contributed by atoms with Crippen LogP contribution in [-0.2, 0) is 15.0 Å². The highest BCUT2D eigenvalue weighted by Gasteiger charge is 2.47. The summed E-state index contributed by atoms with van der Waals surface area (Å²) in [4.78, 5) is 28.1. The van der Waals surface area contributed by atoms with Crippen LogP contribution in [0.5, 0.6) is 11.5 Å². The Hall–Kier alpha value is -3.84. The van der Waals surface area contributed by atoms with Crippen LogP contribution in [0.1, 0.15) is 56.0 Å². The van der Waals surface area contributed by atoms with Gasteiger partial charge in [-0.15, -0.1) is 0 Å². The second-order valence-corrected chi connectivity index (χ2v) is 10.6. The summed E-state index contributed by atoms with van der Waals surface area (Å²) in [6.45, 7) is 9.92. The highest BCUT2D eigenvalue weighted by atomic mass is 35.5. The number of hydrogen-bond acceptors (Lipinski definition) is 5. The number of halogens is 2. The van der Waals surface area contributed by atoms with Gasteiger partial charge in [0.25, 0.3) is 11.7 Å². The minimum atomic E-state index is -1.10. The van der Waals surface area contributed by atoms with Gasteiger partial charge in [0.05, 0.1) is 23.2 Å². The summed E-state index contributed by atoms with van der Waals surface area (Å²) in [5, 5.41) is 21.7. The van der Waals surface area contributed by atoms with Crippen LogP contribution >= 0.6 is 11.6 Å². The summed E-state index contributed by atoms with van der Waals surface area (Å²) < 4.78 is 19.5. The van der Waals surface area contributed by atoms with E-state index in [4.69, 9.17) is 16.3 Å². The third-order valence-corrected chi connectivity index (χ3v) is 6.87. The second-order valence-electron chi connectivity index (χ2n) is 10.2. The maximum absolute atomic E-state index is 14.0. The first-order valence-electron chi connectivity index (χ1n) is 12.2. The molecule has 1 saturated heterocycles. The third kappa shape index (κ3) is 4.86. The van der Waals surface area contributed by atoms with Crippen molar-refractivity contribution in [2.24, 2.45) is 0 Å². The number of amides is 1. The van der Waals surface area contributed by atoms with Crippen molar-refractivity contribution in [2.75, 3.05) is 11.5 Å². The topological polar surface area (TPSA) is 87.1 Å². The van der Waals surface area contributed by atoms with Crippen molar-refractivity contribution in [3.05, 3.63) is 93.3 Å². The van der Waals surface area contributed by atoms with E-state index in [9.17, 15) is 24.2 Å². The standard InChI is InChI=1S/C30H29ClFNO5/c1-6-38-24-13-17(8-12-23(24)34)26-25(27(35)20-14-18(30(3,4)5)9-7-16(20)2)28(36)29(37)33(26)19-10-11-22(32)21(31)15-19/h7-15,26,34-35H,6H2,1-5H3/b27-25+. The Kier molecular flexibility index (Phi) is 7.26. The summed E-state index contributed by atoms with van der Waals surface area (Å²) in [7, 11) is 0. The minimum absolute atomic E-state index is 0.119. The first-order chi connectivity index (χ1) is 17.8. The number of hydrogen-bond donors (Lipinski definition) is 2. The largest absolute Gasteiger partial charge is 0.507 e. The molecule has 1 aliphatic rings. The zero-order valence-corrected chi connectivity index (χ0v) is 22.6. The zero-order valence-electron chi connectivity index (χ0n) is 21.8. The Morgan fingerprint density at radius 3 is 2.42 bits per heavy atom. The number of benzene rings is 3. The highest BCUT2D eigenvalue weighted by Crippen LogP contribution is 2.45. The summed E-state index contributed by atoms with van der Waals surface area (Å²) in [5.41, 5.74) is 2.27. The quantitative estimate of drug-likeness (QED) is 0.212. The predicted molar refractivity (Wildman–Crippen MR) is 145 cm³/mol. The molecule has 1 unspecified atom stereocenters. The highest BCUT2D eigenvalue weighted by molar-refractivity contribution is 6.51. The molecule has 38 heavy (non-hydrogen) atoms. The number of aliphatic hydroxyl groups is 1. The van der Waals surface area contributed by atoms with Gasteiger partial charge in [-0.05, 0) is 72.4 Å². The lowest BCUT2D eigenvalue weighted by atomic mass is 9.84. The molecule has 0 bridgehead atoms. The lowest BCUT2D eigenvalue weighted by Crippen LogP contribution is -2.29. The van der Waals surface area contributed by atoms with E-state index in [1.807, 2.05) is 39.0 Å². The van der Waals surface area contributed by atoms with Gasteiger partial charge in [-0.1, -0.05) is 50.6 Å².